The molecule has 2 saturated heterocycles. The number of hydrogen-bond acceptors (Lipinski definition) is 5. The smallest absolute Gasteiger partial charge is 0.410 e. The molecule has 0 atom stereocenters. The zero-order chi connectivity index (χ0) is 17.2. The number of nitrogens with zero attached hydrogens (tertiary/aromatic N) is 4. The van der Waals surface area contributed by atoms with Crippen LogP contribution >= 0.6 is 0 Å². The number of hydrogen-bond donors (Lipinski definition) is 0. The molecule has 2 fully saturated rings. The van der Waals surface area contributed by atoms with Crippen LogP contribution < -0.4 is 4.90 Å². The maximum atomic E-state index is 12.1. The third-order valence-electron chi connectivity index (χ3n) is 4.45. The lowest BCUT2D eigenvalue weighted by atomic mass is 10.1. The van der Waals surface area contributed by atoms with Crippen molar-refractivity contribution in [3.8, 4) is 0 Å². The van der Waals surface area contributed by atoms with Crippen LogP contribution in [0.4, 0.5) is 10.5 Å². The van der Waals surface area contributed by atoms with Crippen LogP contribution in [0.5, 0.6) is 0 Å². The van der Waals surface area contributed by atoms with Crippen LogP contribution in [0.1, 0.15) is 39.7 Å². The molecule has 0 saturated carbocycles. The Morgan fingerprint density at radius 3 is 2.50 bits per heavy atom. The van der Waals surface area contributed by atoms with Crippen LogP contribution in [0.15, 0.2) is 12.4 Å². The van der Waals surface area contributed by atoms with E-state index in [-0.39, 0.29) is 6.09 Å². The number of aromatic nitrogens is 2. The second-order valence-electron chi connectivity index (χ2n) is 7.48. The molecule has 1 amide bonds. The monoisotopic (exact) mass is 336 g/mol. The summed E-state index contributed by atoms with van der Waals surface area (Å²) in [6.45, 7) is 10.5. The van der Waals surface area contributed by atoms with Gasteiger partial charge in [0.05, 0.1) is 31.1 Å². The number of likely N-dealkylation sites (tertiary alicyclic amines) is 1. The van der Waals surface area contributed by atoms with Gasteiger partial charge in [-0.1, -0.05) is 0 Å². The van der Waals surface area contributed by atoms with Gasteiger partial charge in [0.2, 0.25) is 0 Å². The van der Waals surface area contributed by atoms with E-state index in [1.807, 2.05) is 27.0 Å². The molecule has 0 N–H and O–H groups in total. The highest BCUT2D eigenvalue weighted by Gasteiger charge is 2.28. The molecule has 0 aliphatic carbocycles. The highest BCUT2D eigenvalue weighted by atomic mass is 16.6. The van der Waals surface area contributed by atoms with Crippen molar-refractivity contribution in [1.29, 1.82) is 0 Å². The first-order valence-corrected chi connectivity index (χ1v) is 8.77. The molecule has 2 aliphatic heterocycles. The first-order valence-electron chi connectivity index (χ1n) is 8.77. The molecule has 7 heteroatoms. The average molecular weight is 336 g/mol. The second-order valence-corrected chi connectivity index (χ2v) is 7.48. The summed E-state index contributed by atoms with van der Waals surface area (Å²) in [5, 5.41) is 4.54. The number of carbonyl (C=O) groups excluding carboxylic acids is 1. The van der Waals surface area contributed by atoms with Crippen LogP contribution in [-0.2, 0) is 9.47 Å². The van der Waals surface area contributed by atoms with Gasteiger partial charge in [0.25, 0.3) is 0 Å². The molecule has 2 aliphatic rings. The molecule has 0 bridgehead atoms. The summed E-state index contributed by atoms with van der Waals surface area (Å²) in [5.41, 5.74) is 0.719. The van der Waals surface area contributed by atoms with Gasteiger partial charge in [-0.3, -0.25) is 4.68 Å². The first-order chi connectivity index (χ1) is 11.4. The van der Waals surface area contributed by atoms with Crippen LogP contribution in [0, 0.1) is 0 Å². The van der Waals surface area contributed by atoms with Crippen molar-refractivity contribution in [2.75, 3.05) is 44.3 Å². The lowest BCUT2D eigenvalue weighted by molar-refractivity contribution is 0.0185. The van der Waals surface area contributed by atoms with Gasteiger partial charge in [-0.2, -0.15) is 5.10 Å². The van der Waals surface area contributed by atoms with Gasteiger partial charge >= 0.3 is 6.09 Å². The highest BCUT2D eigenvalue weighted by molar-refractivity contribution is 5.68. The van der Waals surface area contributed by atoms with Crippen molar-refractivity contribution in [3.63, 3.8) is 0 Å². The lowest BCUT2D eigenvalue weighted by Crippen LogP contribution is -2.42. The van der Waals surface area contributed by atoms with Crippen molar-refractivity contribution in [2.24, 2.45) is 0 Å². The fraction of sp³-hybridized carbons (Fsp3) is 0.765. The fourth-order valence-corrected chi connectivity index (χ4v) is 3.15. The van der Waals surface area contributed by atoms with E-state index in [0.29, 0.717) is 19.1 Å². The summed E-state index contributed by atoms with van der Waals surface area (Å²) in [7, 11) is 0. The van der Waals surface area contributed by atoms with E-state index in [1.165, 1.54) is 0 Å². The van der Waals surface area contributed by atoms with Crippen molar-refractivity contribution in [1.82, 2.24) is 14.7 Å². The minimum atomic E-state index is -0.441. The molecular formula is C17H28N4O3. The number of carbonyl (C=O) groups is 1. The standard InChI is InChI=1S/C17H28N4O3/c1-17(2,3)24-16(22)20-6-4-14(5-7-20)21-13-15(12-18-21)19-8-10-23-11-9-19/h12-14H,4-11H2,1-3H3. The van der Waals surface area contributed by atoms with Crippen molar-refractivity contribution in [3.05, 3.63) is 12.4 Å². The van der Waals surface area contributed by atoms with Gasteiger partial charge in [0.1, 0.15) is 5.60 Å². The quantitative estimate of drug-likeness (QED) is 0.829. The summed E-state index contributed by atoms with van der Waals surface area (Å²) in [6.07, 6.45) is 5.66. The topological polar surface area (TPSA) is 59.8 Å². The molecule has 134 valence electrons. The van der Waals surface area contributed by atoms with Crippen molar-refractivity contribution in [2.45, 2.75) is 45.3 Å². The Labute approximate surface area is 143 Å². The molecule has 3 heterocycles. The van der Waals surface area contributed by atoms with Crippen LogP contribution in [0.25, 0.3) is 0 Å². The summed E-state index contributed by atoms with van der Waals surface area (Å²) in [6, 6.07) is 0.346. The Bertz CT molecular complexity index is 552. The largest absolute Gasteiger partial charge is 0.444 e. The van der Waals surface area contributed by atoms with Crippen molar-refractivity contribution >= 4 is 11.8 Å². The Balaban J connectivity index is 1.53. The third kappa shape index (κ3) is 4.20. The maximum absolute atomic E-state index is 12.1. The van der Waals surface area contributed by atoms with Gasteiger partial charge in [-0.25, -0.2) is 4.79 Å². The third-order valence-corrected chi connectivity index (χ3v) is 4.45. The van der Waals surface area contributed by atoms with E-state index < -0.39 is 5.60 Å². The maximum Gasteiger partial charge on any atom is 0.410 e. The van der Waals surface area contributed by atoms with Gasteiger partial charge in [-0.15, -0.1) is 0 Å². The van der Waals surface area contributed by atoms with E-state index in [0.717, 1.165) is 44.8 Å². The Kier molecular flexibility index (Phi) is 4.99. The highest BCUT2D eigenvalue weighted by Crippen LogP contribution is 2.25. The van der Waals surface area contributed by atoms with Crippen LogP contribution in [0.3, 0.4) is 0 Å². The predicted molar refractivity (Wildman–Crippen MR) is 91.3 cm³/mol. The molecule has 0 radical (unpaired) electrons. The molecule has 0 unspecified atom stereocenters. The molecule has 7 nitrogen and oxygen atoms in total. The molecule has 0 aromatic carbocycles. The normalized spacial score (nSPS) is 20.3. The Morgan fingerprint density at radius 2 is 1.88 bits per heavy atom. The minimum absolute atomic E-state index is 0.213. The number of rotatable bonds is 2. The van der Waals surface area contributed by atoms with Gasteiger partial charge in [-0.05, 0) is 33.6 Å². The number of ether oxygens (including phenoxy) is 2. The van der Waals surface area contributed by atoms with E-state index in [2.05, 4.69) is 20.9 Å². The molecular weight excluding hydrogens is 308 g/mol. The lowest BCUT2D eigenvalue weighted by Gasteiger charge is -2.33. The molecule has 1 aromatic rings. The number of piperidine rings is 1. The first kappa shape index (κ1) is 17.1. The fourth-order valence-electron chi connectivity index (χ4n) is 3.15. The number of amides is 1. The molecule has 0 spiro atoms. The van der Waals surface area contributed by atoms with Crippen LogP contribution in [-0.4, -0.2) is 65.8 Å². The zero-order valence-electron chi connectivity index (χ0n) is 14.9. The predicted octanol–water partition coefficient (Wildman–Crippen LogP) is 2.29. The van der Waals surface area contributed by atoms with E-state index in [1.54, 1.807) is 4.90 Å². The second kappa shape index (κ2) is 7.01. The average Bonchev–Trinajstić information content (AvgIpc) is 3.04. The van der Waals surface area contributed by atoms with E-state index >= 15 is 0 Å². The van der Waals surface area contributed by atoms with Gasteiger partial charge < -0.3 is 19.3 Å². The van der Waals surface area contributed by atoms with E-state index in [9.17, 15) is 4.79 Å². The Hall–Kier alpha value is -1.76. The Morgan fingerprint density at radius 1 is 1.21 bits per heavy atom. The van der Waals surface area contributed by atoms with Crippen molar-refractivity contribution < 1.29 is 14.3 Å². The van der Waals surface area contributed by atoms with E-state index in [4.69, 9.17) is 9.47 Å². The van der Waals surface area contributed by atoms with Gasteiger partial charge in [0.15, 0.2) is 0 Å². The van der Waals surface area contributed by atoms with Crippen LogP contribution in [0.2, 0.25) is 0 Å². The molecule has 1 aromatic heterocycles. The summed E-state index contributed by atoms with van der Waals surface area (Å²) in [4.78, 5) is 16.2. The molecule has 24 heavy (non-hydrogen) atoms. The summed E-state index contributed by atoms with van der Waals surface area (Å²) >= 11 is 0. The zero-order valence-corrected chi connectivity index (χ0v) is 14.9. The SMILES string of the molecule is CC(C)(C)OC(=O)N1CCC(n2cc(N3CCOCC3)cn2)CC1. The minimum Gasteiger partial charge on any atom is -0.444 e. The summed E-state index contributed by atoms with van der Waals surface area (Å²) < 4.78 is 12.9. The molecule has 3 rings (SSSR count). The van der Waals surface area contributed by atoms with Gasteiger partial charge in [0, 0.05) is 32.4 Å². The number of anilines is 1. The number of morpholine rings is 1. The summed E-state index contributed by atoms with van der Waals surface area (Å²) in [5.74, 6) is 0.